The van der Waals surface area contributed by atoms with Gasteiger partial charge in [0.2, 0.25) is 0 Å². The minimum Gasteiger partial charge on any atom is -0.255 e. The van der Waals surface area contributed by atoms with E-state index in [1.807, 2.05) is 0 Å². The Bertz CT molecular complexity index is 3030. The standard InChI is InChI=1S/C99H150N2.Ni/c1-10-19-28-36-44-52-60-69-77-89-86-98(96(84-75-66-58-50-42-34-25-16-7)94(82-73-64-56-48-40-32-23-14-5)92(89)80-71-62-54-46-38-30-21-12-3)100-88-91(79-68-27-18-9)101-99-87-90(78-70-61-53-45-37-29-20-11-2)93(81-72-63-55-47-39-31-22-13-4)95(83-74-65-57-49-41-33-24-15-6)97(99)85-76-67-59-51-43-35-26-17-8;/h86-88H,10-51,68-85H2,1-9H3;/q;+2. The van der Waals surface area contributed by atoms with Crippen LogP contribution in [0.25, 0.3) is 0 Å². The van der Waals surface area contributed by atoms with Crippen LogP contribution in [0.4, 0.5) is 11.4 Å². The van der Waals surface area contributed by atoms with Crippen LogP contribution < -0.4 is 0 Å². The average Bonchev–Trinajstić information content (AvgIpc) is 0.798. The summed E-state index contributed by atoms with van der Waals surface area (Å²) in [7, 11) is 0. The van der Waals surface area contributed by atoms with Gasteiger partial charge in [-0.25, -0.2) is 0 Å². The first kappa shape index (κ1) is 94.8. The normalized spacial score (nSPS) is 10.7. The number of rotatable bonds is 55. The summed E-state index contributed by atoms with van der Waals surface area (Å²) in [5, 5.41) is 0. The van der Waals surface area contributed by atoms with E-state index in [1.54, 1.807) is 0 Å². The van der Waals surface area contributed by atoms with Crippen molar-refractivity contribution in [1.82, 2.24) is 0 Å². The molecule has 102 heavy (non-hydrogen) atoms. The number of hydrogen-bond donors (Lipinski definition) is 0. The van der Waals surface area contributed by atoms with Gasteiger partial charge < -0.3 is 0 Å². The molecule has 0 heterocycles. The number of aryl methyl sites for hydroxylation is 2. The van der Waals surface area contributed by atoms with E-state index in [2.05, 4.69) is 175 Å². The van der Waals surface area contributed by atoms with E-state index < -0.39 is 0 Å². The number of hydrogen-bond acceptors (Lipinski definition) is 2. The van der Waals surface area contributed by atoms with Crippen LogP contribution in [0.3, 0.4) is 0 Å². The average molecular weight is 1430 g/mol. The Morgan fingerprint density at radius 2 is 0.451 bits per heavy atom. The molecular formula is C99H150N2Ni+2. The van der Waals surface area contributed by atoms with E-state index in [9.17, 15) is 0 Å². The topological polar surface area (TPSA) is 24.7 Å². The Morgan fingerprint density at radius 3 is 0.725 bits per heavy atom. The maximum absolute atomic E-state index is 6.00. The summed E-state index contributed by atoms with van der Waals surface area (Å²) in [4.78, 5) is 11.8. The van der Waals surface area contributed by atoms with E-state index in [4.69, 9.17) is 9.98 Å². The number of nitrogens with zero attached hydrogens (tertiary/aromatic N) is 2. The third-order valence-electron chi connectivity index (χ3n) is 19.4. The molecule has 564 valence electrons. The third kappa shape index (κ3) is 50.2. The summed E-state index contributed by atoms with van der Waals surface area (Å²) in [6.07, 6.45) is 67.8. The van der Waals surface area contributed by atoms with Crippen molar-refractivity contribution in [1.29, 1.82) is 0 Å². The molecule has 0 aliphatic carbocycles. The van der Waals surface area contributed by atoms with Gasteiger partial charge in [-0.2, -0.15) is 0 Å². The van der Waals surface area contributed by atoms with E-state index in [1.165, 1.54) is 250 Å². The van der Waals surface area contributed by atoms with Crippen LogP contribution in [-0.4, -0.2) is 11.9 Å². The fourth-order valence-electron chi connectivity index (χ4n) is 13.2. The first-order valence-corrected chi connectivity index (χ1v) is 43.1. The van der Waals surface area contributed by atoms with Crippen molar-refractivity contribution in [2.24, 2.45) is 9.98 Å². The molecule has 0 saturated carbocycles. The van der Waals surface area contributed by atoms with E-state index in [0.29, 0.717) is 0 Å². The van der Waals surface area contributed by atoms with Crippen LogP contribution in [0.1, 0.15) is 441 Å². The maximum atomic E-state index is 6.00. The van der Waals surface area contributed by atoms with Crippen molar-refractivity contribution >= 4 is 23.3 Å². The van der Waals surface area contributed by atoms with E-state index >= 15 is 0 Å². The van der Waals surface area contributed by atoms with Crippen LogP contribution in [0.2, 0.25) is 0 Å². The quantitative estimate of drug-likeness (QED) is 0.0273. The second kappa shape index (κ2) is 72.7. The van der Waals surface area contributed by atoms with Crippen LogP contribution >= 0.6 is 0 Å². The SMILES string of the molecule is CCCCCCC#CCCc1cc(N=CC(CCCCC)=Nc2cc(CCC#CCCCCCC)c(CCC#CCCCCCC)c(CCC#CCCCCCC)c2CCC#CCCCCCC)c(CCC#CCCCCCC)c(CCC#CCCCCCC)c1CCC#CCCCCCC.[Ni+2]. The smallest absolute Gasteiger partial charge is 0.255 e. The summed E-state index contributed by atoms with van der Waals surface area (Å²) in [5.74, 6) is 58.5. The van der Waals surface area contributed by atoms with Gasteiger partial charge in [-0.05, 0) is 172 Å². The molecule has 0 saturated heterocycles. The molecule has 0 aliphatic heterocycles. The Labute approximate surface area is 644 Å². The van der Waals surface area contributed by atoms with Gasteiger partial charge in [0.05, 0.1) is 17.1 Å². The minimum atomic E-state index is 0. The van der Waals surface area contributed by atoms with Crippen molar-refractivity contribution in [2.45, 2.75) is 448 Å². The zero-order chi connectivity index (χ0) is 72.6. The van der Waals surface area contributed by atoms with Gasteiger partial charge in [0.25, 0.3) is 0 Å². The first-order chi connectivity index (χ1) is 50.0. The van der Waals surface area contributed by atoms with Crippen LogP contribution in [-0.2, 0) is 67.9 Å². The molecule has 0 aromatic heterocycles. The fourth-order valence-corrected chi connectivity index (χ4v) is 13.2. The van der Waals surface area contributed by atoms with Crippen molar-refractivity contribution in [2.75, 3.05) is 0 Å². The largest absolute Gasteiger partial charge is 2.00 e. The van der Waals surface area contributed by atoms with Gasteiger partial charge in [0.15, 0.2) is 0 Å². The van der Waals surface area contributed by atoms with Crippen LogP contribution in [0.5, 0.6) is 0 Å². The van der Waals surface area contributed by atoms with Gasteiger partial charge in [-0.15, -0.1) is 94.7 Å². The Balaban J connectivity index is 0.0000520. The predicted octanol–water partition coefficient (Wildman–Crippen LogP) is 29.0. The summed E-state index contributed by atoms with van der Waals surface area (Å²) < 4.78 is 0. The van der Waals surface area contributed by atoms with E-state index in [-0.39, 0.29) is 16.5 Å². The monoisotopic (exact) mass is 1430 g/mol. The van der Waals surface area contributed by atoms with Gasteiger partial charge in [-0.1, -0.05) is 229 Å². The number of benzene rings is 2. The van der Waals surface area contributed by atoms with Crippen molar-refractivity contribution < 1.29 is 16.5 Å². The molecule has 0 atom stereocenters. The van der Waals surface area contributed by atoms with E-state index in [0.717, 1.165) is 197 Å². The van der Waals surface area contributed by atoms with Crippen LogP contribution in [0.15, 0.2) is 22.1 Å². The minimum absolute atomic E-state index is 0. The molecular weight excluding hydrogens is 1280 g/mol. The molecule has 0 N–H and O–H groups in total. The Hall–Kier alpha value is -5.25. The summed E-state index contributed by atoms with van der Waals surface area (Å²) in [6.45, 7) is 20.7. The van der Waals surface area contributed by atoms with Crippen LogP contribution in [0, 0.1) is 94.7 Å². The Kier molecular flexibility index (Phi) is 67.5. The van der Waals surface area contributed by atoms with Crippen molar-refractivity contribution in [3.8, 4) is 94.7 Å². The number of aliphatic imine (C=N–C) groups is 2. The van der Waals surface area contributed by atoms with Crippen molar-refractivity contribution in [3.63, 3.8) is 0 Å². The van der Waals surface area contributed by atoms with Crippen molar-refractivity contribution in [3.05, 3.63) is 56.6 Å². The van der Waals surface area contributed by atoms with Gasteiger partial charge in [-0.3, -0.25) is 9.98 Å². The molecule has 0 bridgehead atoms. The summed E-state index contributed by atoms with van der Waals surface area (Å²) in [5.41, 5.74) is 14.5. The van der Waals surface area contributed by atoms with Gasteiger partial charge in [0, 0.05) is 109 Å². The molecule has 0 fully saturated rings. The zero-order valence-corrected chi connectivity index (χ0v) is 68.9. The zero-order valence-electron chi connectivity index (χ0n) is 67.9. The second-order valence-electron chi connectivity index (χ2n) is 28.6. The number of unbranched alkanes of at least 4 members (excludes halogenated alkanes) is 34. The molecule has 3 heteroatoms. The molecule has 0 unspecified atom stereocenters. The maximum Gasteiger partial charge on any atom is 2.00 e. The Morgan fingerprint density at radius 1 is 0.235 bits per heavy atom. The molecule has 0 spiro atoms. The molecule has 2 nitrogen and oxygen atoms in total. The van der Waals surface area contributed by atoms with Gasteiger partial charge >= 0.3 is 16.5 Å². The molecule has 0 amide bonds. The molecule has 2 rings (SSSR count). The van der Waals surface area contributed by atoms with Gasteiger partial charge in [0.1, 0.15) is 0 Å². The third-order valence-corrected chi connectivity index (χ3v) is 19.4. The molecule has 0 radical (unpaired) electrons. The molecule has 2 aromatic carbocycles. The molecule has 2 aromatic rings. The first-order valence-electron chi connectivity index (χ1n) is 43.1. The predicted molar refractivity (Wildman–Crippen MR) is 451 cm³/mol. The molecule has 0 aliphatic rings. The fraction of sp³-hybridized carbons (Fsp3) is 0.697. The summed E-state index contributed by atoms with van der Waals surface area (Å²) in [6, 6.07) is 4.98. The summed E-state index contributed by atoms with van der Waals surface area (Å²) >= 11 is 0. The second-order valence-corrected chi connectivity index (χ2v) is 28.6.